The number of carbonyl (C=O) groups is 1. The summed E-state index contributed by atoms with van der Waals surface area (Å²) in [7, 11) is 0. The van der Waals surface area contributed by atoms with E-state index < -0.39 is 0 Å². The molecular weight excluding hydrogens is 324 g/mol. The Morgan fingerprint density at radius 1 is 1.04 bits per heavy atom. The summed E-state index contributed by atoms with van der Waals surface area (Å²) >= 11 is 0. The van der Waals surface area contributed by atoms with E-state index in [1.165, 1.54) is 0 Å². The van der Waals surface area contributed by atoms with Gasteiger partial charge in [-0.15, -0.1) is 0 Å². The van der Waals surface area contributed by atoms with Gasteiger partial charge in [-0.2, -0.15) is 0 Å². The largest absolute Gasteiger partial charge is 0.345 e. The molecule has 136 valence electrons. The van der Waals surface area contributed by atoms with E-state index in [0.29, 0.717) is 6.42 Å². The Morgan fingerprint density at radius 3 is 2.65 bits per heavy atom. The van der Waals surface area contributed by atoms with Gasteiger partial charge in [-0.25, -0.2) is 4.98 Å². The number of hydrogen-bond acceptors (Lipinski definition) is 3. The average molecular weight is 350 g/mol. The second kappa shape index (κ2) is 9.15. The molecule has 0 saturated carbocycles. The van der Waals surface area contributed by atoms with Crippen molar-refractivity contribution in [3.8, 4) is 0 Å². The summed E-state index contributed by atoms with van der Waals surface area (Å²) in [5.74, 6) is 0.0799. The van der Waals surface area contributed by atoms with Gasteiger partial charge in [0.2, 0.25) is 5.91 Å². The lowest BCUT2D eigenvalue weighted by molar-refractivity contribution is -0.121. The summed E-state index contributed by atoms with van der Waals surface area (Å²) in [6, 6.07) is 16.0. The number of amides is 1. The van der Waals surface area contributed by atoms with Gasteiger partial charge in [0, 0.05) is 6.42 Å². The summed E-state index contributed by atoms with van der Waals surface area (Å²) in [6.45, 7) is 0.721. The number of nitrogens with two attached hydrogens (primary N) is 1. The Kier molecular flexibility index (Phi) is 6.39. The zero-order valence-electron chi connectivity index (χ0n) is 14.9. The molecule has 0 spiro atoms. The van der Waals surface area contributed by atoms with Crippen LogP contribution in [-0.4, -0.2) is 22.4 Å². The highest BCUT2D eigenvalue weighted by Gasteiger charge is 2.17. The SMILES string of the molecule is NCCCCCCC(=O)NC(c1ccccc1)c1ccc2nc[nH]c2c1. The molecule has 0 aliphatic heterocycles. The van der Waals surface area contributed by atoms with Gasteiger partial charge >= 0.3 is 0 Å². The lowest BCUT2D eigenvalue weighted by Crippen LogP contribution is -2.29. The molecule has 5 nitrogen and oxygen atoms in total. The summed E-state index contributed by atoms with van der Waals surface area (Å²) in [5, 5.41) is 3.20. The Balaban J connectivity index is 1.73. The molecule has 0 aliphatic rings. The monoisotopic (exact) mass is 350 g/mol. The first-order chi connectivity index (χ1) is 12.8. The minimum Gasteiger partial charge on any atom is -0.345 e. The van der Waals surface area contributed by atoms with Crippen LogP contribution in [0.25, 0.3) is 11.0 Å². The fourth-order valence-corrected chi connectivity index (χ4v) is 3.15. The summed E-state index contributed by atoms with van der Waals surface area (Å²) in [5.41, 5.74) is 9.52. The molecule has 1 heterocycles. The highest BCUT2D eigenvalue weighted by molar-refractivity contribution is 5.78. The highest BCUT2D eigenvalue weighted by atomic mass is 16.1. The second-order valence-electron chi connectivity index (χ2n) is 6.54. The molecule has 3 aromatic rings. The Hall–Kier alpha value is -2.66. The van der Waals surface area contributed by atoms with E-state index in [1.54, 1.807) is 6.33 Å². The number of fused-ring (bicyclic) bond motifs is 1. The van der Waals surface area contributed by atoms with Crippen LogP contribution in [0.4, 0.5) is 0 Å². The van der Waals surface area contributed by atoms with Crippen molar-refractivity contribution in [3.63, 3.8) is 0 Å². The molecule has 0 radical (unpaired) electrons. The van der Waals surface area contributed by atoms with E-state index in [9.17, 15) is 4.79 Å². The standard InChI is InChI=1S/C21H26N4O/c22-13-7-2-1-6-10-20(26)25-21(16-8-4-3-5-9-16)17-11-12-18-19(14-17)24-15-23-18/h3-5,8-9,11-12,14-15,21H,1-2,6-7,10,13,22H2,(H,23,24)(H,25,26). The molecule has 1 amide bonds. The van der Waals surface area contributed by atoms with Crippen LogP contribution in [0.2, 0.25) is 0 Å². The molecule has 5 heteroatoms. The molecule has 1 unspecified atom stereocenters. The molecule has 1 aromatic heterocycles. The number of imidazole rings is 1. The van der Waals surface area contributed by atoms with Gasteiger partial charge in [-0.3, -0.25) is 4.79 Å². The molecule has 0 saturated heterocycles. The lowest BCUT2D eigenvalue weighted by Gasteiger charge is -2.20. The first-order valence-electron chi connectivity index (χ1n) is 9.25. The maximum Gasteiger partial charge on any atom is 0.220 e. The number of benzene rings is 2. The van der Waals surface area contributed by atoms with Crippen molar-refractivity contribution < 1.29 is 4.79 Å². The minimum atomic E-state index is -0.166. The van der Waals surface area contributed by atoms with E-state index in [1.807, 2.05) is 42.5 Å². The van der Waals surface area contributed by atoms with Crippen LogP contribution in [0.5, 0.6) is 0 Å². The molecule has 1 atom stereocenters. The van der Waals surface area contributed by atoms with Crippen LogP contribution in [0.3, 0.4) is 0 Å². The maximum absolute atomic E-state index is 12.5. The van der Waals surface area contributed by atoms with Gasteiger partial charge in [0.25, 0.3) is 0 Å². The first kappa shape index (κ1) is 18.1. The van der Waals surface area contributed by atoms with Gasteiger partial charge < -0.3 is 16.0 Å². The number of carbonyl (C=O) groups excluding carboxylic acids is 1. The molecule has 3 rings (SSSR count). The molecule has 0 aliphatic carbocycles. The summed E-state index contributed by atoms with van der Waals surface area (Å²) < 4.78 is 0. The van der Waals surface area contributed by atoms with E-state index in [0.717, 1.165) is 54.4 Å². The third-order valence-corrected chi connectivity index (χ3v) is 4.57. The van der Waals surface area contributed by atoms with Crippen LogP contribution in [0, 0.1) is 0 Å². The van der Waals surface area contributed by atoms with Crippen molar-refractivity contribution in [1.82, 2.24) is 15.3 Å². The average Bonchev–Trinajstić information content (AvgIpc) is 3.14. The Bertz CT molecular complexity index is 828. The van der Waals surface area contributed by atoms with Crippen molar-refractivity contribution in [2.24, 2.45) is 5.73 Å². The fraction of sp³-hybridized carbons (Fsp3) is 0.333. The van der Waals surface area contributed by atoms with Crippen LogP contribution in [0.15, 0.2) is 54.9 Å². The third kappa shape index (κ3) is 4.70. The number of nitrogens with zero attached hydrogens (tertiary/aromatic N) is 1. The number of unbranched alkanes of at least 4 members (excludes halogenated alkanes) is 3. The topological polar surface area (TPSA) is 83.8 Å². The van der Waals surface area contributed by atoms with Gasteiger partial charge in [-0.1, -0.05) is 49.2 Å². The highest BCUT2D eigenvalue weighted by Crippen LogP contribution is 2.24. The van der Waals surface area contributed by atoms with E-state index in [2.05, 4.69) is 21.4 Å². The number of rotatable bonds is 9. The molecule has 26 heavy (non-hydrogen) atoms. The maximum atomic E-state index is 12.5. The van der Waals surface area contributed by atoms with Crippen LogP contribution in [-0.2, 0) is 4.79 Å². The van der Waals surface area contributed by atoms with E-state index >= 15 is 0 Å². The number of hydrogen-bond donors (Lipinski definition) is 3. The quantitative estimate of drug-likeness (QED) is 0.515. The normalized spacial score (nSPS) is 12.2. The molecule has 0 bridgehead atoms. The van der Waals surface area contributed by atoms with Crippen molar-refractivity contribution >= 4 is 16.9 Å². The van der Waals surface area contributed by atoms with Crippen LogP contribution >= 0.6 is 0 Å². The number of nitrogens with one attached hydrogen (secondary N) is 2. The first-order valence-corrected chi connectivity index (χ1v) is 9.25. The van der Waals surface area contributed by atoms with Crippen molar-refractivity contribution in [2.75, 3.05) is 6.54 Å². The number of aromatic nitrogens is 2. The van der Waals surface area contributed by atoms with Gasteiger partial charge in [0.05, 0.1) is 23.4 Å². The fourth-order valence-electron chi connectivity index (χ4n) is 3.15. The predicted molar refractivity (Wildman–Crippen MR) is 105 cm³/mol. The van der Waals surface area contributed by atoms with Crippen LogP contribution < -0.4 is 11.1 Å². The molecule has 4 N–H and O–H groups in total. The van der Waals surface area contributed by atoms with Crippen molar-refractivity contribution in [3.05, 3.63) is 66.0 Å². The molecule has 0 fully saturated rings. The predicted octanol–water partition coefficient (Wildman–Crippen LogP) is 3.68. The van der Waals surface area contributed by atoms with Crippen LogP contribution in [0.1, 0.15) is 49.3 Å². The summed E-state index contributed by atoms with van der Waals surface area (Å²) in [4.78, 5) is 19.9. The lowest BCUT2D eigenvalue weighted by atomic mass is 9.98. The second-order valence-corrected chi connectivity index (χ2v) is 6.54. The molecular formula is C21H26N4O. The van der Waals surface area contributed by atoms with Crippen molar-refractivity contribution in [1.29, 1.82) is 0 Å². The summed E-state index contributed by atoms with van der Waals surface area (Å²) in [6.07, 6.45) is 6.28. The third-order valence-electron chi connectivity index (χ3n) is 4.57. The number of aromatic amines is 1. The zero-order chi connectivity index (χ0) is 18.2. The van der Waals surface area contributed by atoms with Gasteiger partial charge in [0.1, 0.15) is 0 Å². The van der Waals surface area contributed by atoms with E-state index in [4.69, 9.17) is 5.73 Å². The Labute approximate surface area is 154 Å². The minimum absolute atomic E-state index is 0.0799. The molecule has 2 aromatic carbocycles. The van der Waals surface area contributed by atoms with E-state index in [-0.39, 0.29) is 11.9 Å². The van der Waals surface area contributed by atoms with Gasteiger partial charge in [-0.05, 0) is 42.6 Å². The van der Waals surface area contributed by atoms with Crippen molar-refractivity contribution in [2.45, 2.75) is 38.1 Å². The number of H-pyrrole nitrogens is 1. The smallest absolute Gasteiger partial charge is 0.220 e. The zero-order valence-corrected chi connectivity index (χ0v) is 14.9. The van der Waals surface area contributed by atoms with Gasteiger partial charge in [0.15, 0.2) is 0 Å². The Morgan fingerprint density at radius 2 is 1.85 bits per heavy atom.